The van der Waals surface area contributed by atoms with Gasteiger partial charge in [0.15, 0.2) is 0 Å². The van der Waals surface area contributed by atoms with Gasteiger partial charge in [-0.25, -0.2) is 0 Å². The summed E-state index contributed by atoms with van der Waals surface area (Å²) in [4.78, 5) is 0. The molecule has 608 valence electrons. The van der Waals surface area contributed by atoms with Crippen molar-refractivity contribution >= 4 is 32.3 Å². The van der Waals surface area contributed by atoms with Crippen LogP contribution in [0.2, 0.25) is 0 Å². The Hall–Kier alpha value is -16.4. The fourth-order valence-electron chi connectivity index (χ4n) is 23.6. The van der Waals surface area contributed by atoms with Gasteiger partial charge in [0.25, 0.3) is 0 Å². The third kappa shape index (κ3) is 11.7. The molecule has 8 aliphatic rings. The molecule has 130 heavy (non-hydrogen) atoms. The fourth-order valence-corrected chi connectivity index (χ4v) is 23.6. The van der Waals surface area contributed by atoms with Gasteiger partial charge in [0.1, 0.15) is 0 Å². The highest BCUT2D eigenvalue weighted by atomic mass is 14.6. The van der Waals surface area contributed by atoms with Crippen molar-refractivity contribution in [2.24, 2.45) is 0 Å². The van der Waals surface area contributed by atoms with Crippen molar-refractivity contribution in [3.63, 3.8) is 0 Å². The zero-order chi connectivity index (χ0) is 86.2. The summed E-state index contributed by atoms with van der Waals surface area (Å²) in [6.07, 6.45) is 0. The van der Waals surface area contributed by atoms with Gasteiger partial charge in [0.05, 0.1) is 21.7 Å². The summed E-state index contributed by atoms with van der Waals surface area (Å²) < 4.78 is 0. The average molecular weight is 1650 g/mol. The Balaban J connectivity index is 0.0000000868. The van der Waals surface area contributed by atoms with E-state index in [-0.39, 0.29) is 21.7 Å². The van der Waals surface area contributed by atoms with Crippen molar-refractivity contribution in [1.29, 1.82) is 0 Å². The lowest BCUT2D eigenvalue weighted by Gasteiger charge is -2.30. The molecule has 22 aromatic carbocycles. The van der Waals surface area contributed by atoms with Crippen LogP contribution in [0.1, 0.15) is 89.0 Å². The molecule has 8 aliphatic carbocycles. The van der Waals surface area contributed by atoms with Crippen LogP contribution in [0.3, 0.4) is 0 Å². The fraction of sp³-hybridized carbons (Fsp3) is 0.0308. The quantitative estimate of drug-likeness (QED) is 0.142. The molecule has 0 N–H and O–H groups in total. The Morgan fingerprint density at radius 2 is 0.131 bits per heavy atom. The van der Waals surface area contributed by atoms with Gasteiger partial charge >= 0.3 is 0 Å². The first-order valence-electron chi connectivity index (χ1n) is 45.5. The van der Waals surface area contributed by atoms with Crippen molar-refractivity contribution in [3.8, 4) is 89.0 Å². The Bertz CT molecular complexity index is 6310. The van der Waals surface area contributed by atoms with E-state index in [4.69, 9.17) is 0 Å². The second kappa shape index (κ2) is 31.9. The zero-order valence-electron chi connectivity index (χ0n) is 71.8. The Kier molecular flexibility index (Phi) is 19.0. The molecule has 22 aromatic rings. The lowest BCUT2D eigenvalue weighted by Crippen LogP contribution is -2.25. The molecular weight excluding hydrogens is 1560 g/mol. The monoisotopic (exact) mass is 1650 g/mol. The highest BCUT2D eigenvalue weighted by Gasteiger charge is 2.56. The van der Waals surface area contributed by atoms with Gasteiger partial charge in [-0.3, -0.25) is 0 Å². The lowest BCUT2D eigenvalue weighted by atomic mass is 9.70. The first-order valence-corrected chi connectivity index (χ1v) is 45.5. The molecule has 0 amide bonds. The smallest absolute Gasteiger partial charge is 0.0619 e. The normalized spacial score (nSPS) is 13.6. The summed E-state index contributed by atoms with van der Waals surface area (Å²) in [5, 5.41) is 7.86. The van der Waals surface area contributed by atoms with E-state index >= 15 is 0 Å². The van der Waals surface area contributed by atoms with Crippen molar-refractivity contribution in [2.75, 3.05) is 0 Å². The summed E-state index contributed by atoms with van der Waals surface area (Å²) in [5.74, 6) is 0. The first-order chi connectivity index (χ1) is 64.6. The van der Waals surface area contributed by atoms with Crippen LogP contribution in [-0.2, 0) is 21.7 Å². The molecule has 0 saturated carbocycles. The minimum Gasteiger partial charge on any atom is -0.0619 e. The van der Waals surface area contributed by atoms with Crippen molar-refractivity contribution < 1.29 is 0 Å². The van der Waals surface area contributed by atoms with E-state index in [2.05, 4.69) is 534 Å². The van der Waals surface area contributed by atoms with E-state index in [1.54, 1.807) is 0 Å². The maximum atomic E-state index is 2.31. The van der Waals surface area contributed by atoms with Gasteiger partial charge in [-0.1, -0.05) is 534 Å². The molecule has 0 atom stereocenters. The van der Waals surface area contributed by atoms with E-state index in [1.165, 1.54) is 210 Å². The van der Waals surface area contributed by atoms with E-state index in [0.717, 1.165) is 0 Å². The minimum absolute atomic E-state index is 0.180. The predicted octanol–water partition coefficient (Wildman–Crippen LogP) is 32.6. The number of hydrogen-bond donors (Lipinski definition) is 0. The molecular formula is C130H88. The average Bonchev–Trinajstić information content (AvgIpc) is 1.53. The van der Waals surface area contributed by atoms with Crippen LogP contribution in [0, 0.1) is 0 Å². The van der Waals surface area contributed by atoms with Crippen LogP contribution in [-0.4, -0.2) is 0 Å². The topological polar surface area (TPSA) is 0 Å². The van der Waals surface area contributed by atoms with Crippen LogP contribution in [0.5, 0.6) is 0 Å². The molecule has 0 unspecified atom stereocenters. The molecule has 0 saturated heterocycles. The second-order valence-corrected chi connectivity index (χ2v) is 34.8. The molecule has 0 nitrogen and oxygen atoms in total. The second-order valence-electron chi connectivity index (χ2n) is 34.8. The highest BCUT2D eigenvalue weighted by Crippen LogP contribution is 2.67. The van der Waals surface area contributed by atoms with E-state index in [9.17, 15) is 0 Å². The molecule has 0 radical (unpaired) electrons. The number of fused-ring (bicyclic) bond motifs is 43. The molecule has 0 bridgehead atoms. The van der Waals surface area contributed by atoms with Gasteiger partial charge in [-0.05, 0) is 210 Å². The van der Waals surface area contributed by atoms with Crippen LogP contribution in [0.4, 0.5) is 0 Å². The van der Waals surface area contributed by atoms with E-state index in [1.807, 2.05) is 0 Å². The van der Waals surface area contributed by atoms with Gasteiger partial charge in [-0.2, -0.15) is 0 Å². The SMILES string of the molecule is c1ccc2c(c1)-c1ccccc1C21c2ccccc2-c2ccccc21.c1ccc2c(c1)-c1ccccc1C21c2ccccc2-c2ccccc21.c1ccc2c(c1)-c1ccccc1C21c2ccccc2-c2ccccc21.c1ccc2c(c1)-c1ccccc1C21c2ccccc2-c2ccccc21.c1ccc2ccccc2c1.c1ccc2ccccc2c1.c1ccc2ccccc2c1. The molecule has 4 spiro atoms. The van der Waals surface area contributed by atoms with Gasteiger partial charge < -0.3 is 0 Å². The minimum atomic E-state index is -0.180. The molecule has 0 fully saturated rings. The van der Waals surface area contributed by atoms with Crippen molar-refractivity contribution in [2.45, 2.75) is 21.7 Å². The summed E-state index contributed by atoms with van der Waals surface area (Å²) in [7, 11) is 0. The molecule has 0 aliphatic heterocycles. The van der Waals surface area contributed by atoms with Crippen LogP contribution < -0.4 is 0 Å². The van der Waals surface area contributed by atoms with Crippen molar-refractivity contribution in [3.05, 3.63) is 623 Å². The molecule has 0 heteroatoms. The first kappa shape index (κ1) is 77.2. The third-order valence-corrected chi connectivity index (χ3v) is 28.6. The number of rotatable bonds is 0. The molecule has 0 aromatic heterocycles. The highest BCUT2D eigenvalue weighted by molar-refractivity contribution is 6.00. The summed E-state index contributed by atoms with van der Waals surface area (Å²) in [6, 6.07) is 193. The third-order valence-electron chi connectivity index (χ3n) is 28.6. The Labute approximate surface area is 760 Å². The Morgan fingerprint density at radius 1 is 0.0692 bits per heavy atom. The maximum absolute atomic E-state index is 2.31. The van der Waals surface area contributed by atoms with Crippen LogP contribution >= 0.6 is 0 Å². The van der Waals surface area contributed by atoms with Gasteiger partial charge in [-0.15, -0.1) is 0 Å². The standard InChI is InChI=1S/4C25H16.3C10H8/c4*1-5-13-21-17(9-1)18-10-2-6-14-22(18)25(21)23-15-7-3-11-19(23)20-12-4-8-16-24(20)25;3*1-2-6-10-8-4-3-7-9(10)5-1/h4*1-16H;3*1-8H. The van der Waals surface area contributed by atoms with Gasteiger partial charge in [0.2, 0.25) is 0 Å². The van der Waals surface area contributed by atoms with Crippen LogP contribution in [0.15, 0.2) is 534 Å². The molecule has 30 rings (SSSR count). The molecule has 0 heterocycles. The lowest BCUT2D eigenvalue weighted by molar-refractivity contribution is 0.794. The summed E-state index contributed by atoms with van der Waals surface area (Å²) in [5.41, 5.74) is 43.7. The van der Waals surface area contributed by atoms with E-state index in [0.29, 0.717) is 0 Å². The maximum Gasteiger partial charge on any atom is 0.0725 e. The summed E-state index contributed by atoms with van der Waals surface area (Å²) in [6.45, 7) is 0. The number of benzene rings is 22. The zero-order valence-corrected chi connectivity index (χ0v) is 71.8. The predicted molar refractivity (Wildman–Crippen MR) is 543 cm³/mol. The van der Waals surface area contributed by atoms with Crippen molar-refractivity contribution in [1.82, 2.24) is 0 Å². The summed E-state index contributed by atoms with van der Waals surface area (Å²) >= 11 is 0. The Morgan fingerprint density at radius 3 is 0.208 bits per heavy atom. The largest absolute Gasteiger partial charge is 0.0725 e. The number of hydrogen-bond acceptors (Lipinski definition) is 0. The van der Waals surface area contributed by atoms with Crippen LogP contribution in [0.25, 0.3) is 121 Å². The van der Waals surface area contributed by atoms with Gasteiger partial charge in [0, 0.05) is 0 Å². The van der Waals surface area contributed by atoms with E-state index < -0.39 is 0 Å².